The van der Waals surface area contributed by atoms with Gasteiger partial charge in [0.05, 0.1) is 22.9 Å². The van der Waals surface area contributed by atoms with Crippen LogP contribution in [0.25, 0.3) is 0 Å². The summed E-state index contributed by atoms with van der Waals surface area (Å²) in [5.41, 5.74) is 0.520. The van der Waals surface area contributed by atoms with Crippen LogP contribution in [0.2, 0.25) is 0 Å². The van der Waals surface area contributed by atoms with Crippen molar-refractivity contribution in [3.8, 4) is 0 Å². The van der Waals surface area contributed by atoms with Gasteiger partial charge in [0.1, 0.15) is 0 Å². The van der Waals surface area contributed by atoms with Gasteiger partial charge in [-0.05, 0) is 49.4 Å². The number of nitrogens with zero attached hydrogens (tertiary/aromatic N) is 6. The lowest BCUT2D eigenvalue weighted by Crippen LogP contribution is -2.33. The zero-order valence-corrected chi connectivity index (χ0v) is 19.2. The van der Waals surface area contributed by atoms with Crippen LogP contribution in [-0.2, 0) is 24.3 Å². The van der Waals surface area contributed by atoms with Gasteiger partial charge in [-0.1, -0.05) is 18.2 Å². The number of aromatic nitrogens is 2. The Hall–Kier alpha value is -4.52. The second-order valence-corrected chi connectivity index (χ2v) is 8.66. The van der Waals surface area contributed by atoms with Crippen molar-refractivity contribution in [1.29, 1.82) is 0 Å². The van der Waals surface area contributed by atoms with E-state index in [0.717, 1.165) is 5.01 Å². The smallest absolute Gasteiger partial charge is 0.357 e. The predicted molar refractivity (Wildman–Crippen MR) is 126 cm³/mol. The summed E-state index contributed by atoms with van der Waals surface area (Å²) < 4.78 is 32.3. The van der Waals surface area contributed by atoms with Crippen LogP contribution in [0, 0.1) is 0 Å². The van der Waals surface area contributed by atoms with Gasteiger partial charge in [-0.15, -0.1) is 0 Å². The minimum Gasteiger partial charge on any atom is -0.461 e. The number of nitrogens with one attached hydrogen (secondary N) is 1. The van der Waals surface area contributed by atoms with Gasteiger partial charge in [-0.3, -0.25) is 4.79 Å². The van der Waals surface area contributed by atoms with Crippen molar-refractivity contribution >= 4 is 44.9 Å². The van der Waals surface area contributed by atoms with E-state index in [2.05, 4.69) is 30.0 Å². The third kappa shape index (κ3) is 5.35. The van der Waals surface area contributed by atoms with Crippen molar-refractivity contribution in [2.75, 3.05) is 16.3 Å². The summed E-state index contributed by atoms with van der Waals surface area (Å²) in [6.07, 6.45) is 2.82. The molecule has 2 aromatic carbocycles. The van der Waals surface area contributed by atoms with Crippen molar-refractivity contribution < 1.29 is 22.7 Å². The Bertz CT molecular complexity index is 1380. The number of carbonyl (C=O) groups excluding carboxylic acids is 2. The van der Waals surface area contributed by atoms with Crippen LogP contribution >= 0.6 is 0 Å². The number of hydrazone groups is 1. The maximum absolute atomic E-state index is 13.0. The summed E-state index contributed by atoms with van der Waals surface area (Å²) in [7, 11) is -3.92. The number of rotatable bonds is 8. The molecule has 1 aliphatic rings. The molecule has 0 saturated carbocycles. The second kappa shape index (κ2) is 10.2. The average Bonchev–Trinajstić information content (AvgIpc) is 3.20. The summed E-state index contributed by atoms with van der Waals surface area (Å²) in [6, 6.07) is 14.2. The number of benzene rings is 2. The molecule has 0 fully saturated rings. The third-order valence-corrected chi connectivity index (χ3v) is 5.97. The number of anilines is 2. The first-order valence-corrected chi connectivity index (χ1v) is 11.8. The van der Waals surface area contributed by atoms with Gasteiger partial charge < -0.3 is 4.74 Å². The van der Waals surface area contributed by atoms with Gasteiger partial charge in [-0.25, -0.2) is 27.9 Å². The van der Waals surface area contributed by atoms with Crippen molar-refractivity contribution in [3.05, 3.63) is 73.1 Å². The number of azo groups is 1. The van der Waals surface area contributed by atoms with Gasteiger partial charge in [0.25, 0.3) is 15.9 Å². The number of para-hydroxylation sites is 1. The molecular formula is C22H19N7O5S. The molecule has 3 aromatic rings. The Morgan fingerprint density at radius 2 is 1.74 bits per heavy atom. The fourth-order valence-electron chi connectivity index (χ4n) is 3.01. The molecule has 0 bridgehead atoms. The lowest BCUT2D eigenvalue weighted by molar-refractivity contribution is -0.135. The van der Waals surface area contributed by atoms with Crippen LogP contribution in [0.3, 0.4) is 0 Å². The first-order valence-electron chi connectivity index (χ1n) is 10.3. The van der Waals surface area contributed by atoms with Crippen LogP contribution in [0.5, 0.6) is 0 Å². The molecule has 0 aliphatic carbocycles. The van der Waals surface area contributed by atoms with E-state index in [4.69, 9.17) is 4.74 Å². The van der Waals surface area contributed by atoms with E-state index in [1.54, 1.807) is 43.3 Å². The number of amides is 1. The molecular weight excluding hydrogens is 474 g/mol. The molecule has 1 unspecified atom stereocenters. The van der Waals surface area contributed by atoms with E-state index < -0.39 is 27.9 Å². The molecule has 0 saturated heterocycles. The number of sulfonamides is 1. The molecule has 1 N–H and O–H groups in total. The lowest BCUT2D eigenvalue weighted by atomic mass is 10.2. The first-order chi connectivity index (χ1) is 16.9. The Balaban J connectivity index is 1.54. The molecule has 0 spiro atoms. The highest BCUT2D eigenvalue weighted by Gasteiger charge is 2.41. The maximum Gasteiger partial charge on any atom is 0.357 e. The highest BCUT2D eigenvalue weighted by molar-refractivity contribution is 7.92. The molecule has 12 nitrogen and oxygen atoms in total. The monoisotopic (exact) mass is 493 g/mol. The summed E-state index contributed by atoms with van der Waals surface area (Å²) in [4.78, 5) is 32.9. The van der Waals surface area contributed by atoms with Crippen LogP contribution in [0.1, 0.15) is 6.92 Å². The maximum atomic E-state index is 13.0. The summed E-state index contributed by atoms with van der Waals surface area (Å²) >= 11 is 0. The third-order valence-electron chi connectivity index (χ3n) is 4.62. The van der Waals surface area contributed by atoms with Crippen molar-refractivity contribution in [3.63, 3.8) is 0 Å². The molecule has 1 aromatic heterocycles. The van der Waals surface area contributed by atoms with Gasteiger partial charge in [0.2, 0.25) is 12.0 Å². The van der Waals surface area contributed by atoms with Crippen molar-refractivity contribution in [2.45, 2.75) is 17.9 Å². The zero-order valence-electron chi connectivity index (χ0n) is 18.3. The van der Waals surface area contributed by atoms with E-state index in [-0.39, 0.29) is 28.8 Å². The molecule has 1 aliphatic heterocycles. The topological polar surface area (TPSA) is 156 Å². The number of ether oxygens (including phenoxy) is 1. The van der Waals surface area contributed by atoms with Crippen molar-refractivity contribution in [1.82, 2.24) is 9.97 Å². The molecule has 35 heavy (non-hydrogen) atoms. The fraction of sp³-hybridized carbons (Fsp3) is 0.136. The highest BCUT2D eigenvalue weighted by Crippen LogP contribution is 2.24. The molecule has 13 heteroatoms. The standard InChI is InChI=1S/C22H19N7O5S/c1-2-34-21(31)19-18(20(30)29(27-19)16-7-4-3-5-8-16)26-25-15-9-11-17(12-10-15)35(32,33)28-22-23-13-6-14-24-22/h3-14,18H,2H2,1H3,(H,23,24,28). The average molecular weight is 494 g/mol. The number of carbonyl (C=O) groups is 2. The summed E-state index contributed by atoms with van der Waals surface area (Å²) in [6.45, 7) is 1.73. The molecule has 1 amide bonds. The SMILES string of the molecule is CCOC(=O)C1=NN(c2ccccc2)C(=O)C1N=Nc1ccc(S(=O)(=O)Nc2ncccn2)cc1. The van der Waals surface area contributed by atoms with Gasteiger partial charge >= 0.3 is 5.97 Å². The van der Waals surface area contributed by atoms with Crippen LogP contribution < -0.4 is 9.73 Å². The second-order valence-electron chi connectivity index (χ2n) is 6.98. The first kappa shape index (κ1) is 23.6. The van der Waals surface area contributed by atoms with Gasteiger partial charge in [0, 0.05) is 12.4 Å². The van der Waals surface area contributed by atoms with E-state index in [1.807, 2.05) is 0 Å². The molecule has 0 radical (unpaired) electrons. The molecule has 2 heterocycles. The Morgan fingerprint density at radius 1 is 1.06 bits per heavy atom. The largest absolute Gasteiger partial charge is 0.461 e. The molecule has 178 valence electrons. The van der Waals surface area contributed by atoms with E-state index in [0.29, 0.717) is 5.69 Å². The normalized spacial score (nSPS) is 15.8. The zero-order chi connectivity index (χ0) is 24.8. The fourth-order valence-corrected chi connectivity index (χ4v) is 3.97. The molecule has 1 atom stereocenters. The van der Waals surface area contributed by atoms with Gasteiger partial charge in [0.15, 0.2) is 5.71 Å². The highest BCUT2D eigenvalue weighted by atomic mass is 32.2. The summed E-state index contributed by atoms with van der Waals surface area (Å²) in [5, 5.41) is 13.2. The van der Waals surface area contributed by atoms with Crippen LogP contribution in [0.4, 0.5) is 17.3 Å². The minimum atomic E-state index is -3.92. The number of esters is 1. The Kier molecular flexibility index (Phi) is 6.87. The van der Waals surface area contributed by atoms with E-state index in [1.165, 1.54) is 36.7 Å². The van der Waals surface area contributed by atoms with Gasteiger partial charge in [-0.2, -0.15) is 20.3 Å². The van der Waals surface area contributed by atoms with E-state index in [9.17, 15) is 18.0 Å². The predicted octanol–water partition coefficient (Wildman–Crippen LogP) is 2.70. The van der Waals surface area contributed by atoms with Crippen LogP contribution in [-0.4, -0.2) is 48.6 Å². The molecule has 4 rings (SSSR count). The lowest BCUT2D eigenvalue weighted by Gasteiger charge is -2.11. The minimum absolute atomic E-state index is 0.0510. The number of hydrogen-bond acceptors (Lipinski definition) is 10. The summed E-state index contributed by atoms with van der Waals surface area (Å²) in [5.74, 6) is -1.42. The Labute approximate surface area is 200 Å². The Morgan fingerprint density at radius 3 is 2.40 bits per heavy atom. The van der Waals surface area contributed by atoms with Crippen LogP contribution in [0.15, 0.2) is 93.3 Å². The number of hydrogen-bond donors (Lipinski definition) is 1. The van der Waals surface area contributed by atoms with E-state index >= 15 is 0 Å². The van der Waals surface area contributed by atoms with Crippen molar-refractivity contribution in [2.24, 2.45) is 15.3 Å². The quantitative estimate of drug-likeness (QED) is 0.373.